The van der Waals surface area contributed by atoms with E-state index in [2.05, 4.69) is 58.0 Å². The van der Waals surface area contributed by atoms with Crippen molar-refractivity contribution in [2.75, 3.05) is 0 Å². The maximum absolute atomic E-state index is 6.09. The Morgan fingerprint density at radius 2 is 1.67 bits per heavy atom. The molecule has 0 amide bonds. The standard InChI is InChI=1S/C19H25NO/c1-14-9-10-18(17(11-14)19(2,3)4)21-13-16-8-6-5-7-15(16)12-20/h5-11H,12-13,20H2,1-4H3. The van der Waals surface area contributed by atoms with Crippen LogP contribution in [0.4, 0.5) is 0 Å². The van der Waals surface area contributed by atoms with Gasteiger partial charge in [-0.05, 0) is 35.1 Å². The monoisotopic (exact) mass is 283 g/mol. The van der Waals surface area contributed by atoms with Gasteiger partial charge in [-0.25, -0.2) is 0 Å². The van der Waals surface area contributed by atoms with Crippen molar-refractivity contribution < 1.29 is 4.74 Å². The smallest absolute Gasteiger partial charge is 0.123 e. The van der Waals surface area contributed by atoms with Crippen molar-refractivity contribution in [2.24, 2.45) is 5.73 Å². The first-order valence-corrected chi connectivity index (χ1v) is 7.42. The quantitative estimate of drug-likeness (QED) is 0.906. The fraction of sp³-hybridized carbons (Fsp3) is 0.368. The Labute approximate surface area is 127 Å². The van der Waals surface area contributed by atoms with Gasteiger partial charge in [-0.3, -0.25) is 0 Å². The molecule has 0 unspecified atom stereocenters. The third-order valence-electron chi connectivity index (χ3n) is 3.66. The highest BCUT2D eigenvalue weighted by molar-refractivity contribution is 5.41. The first kappa shape index (κ1) is 15.6. The first-order chi connectivity index (χ1) is 9.91. The first-order valence-electron chi connectivity index (χ1n) is 7.42. The molecule has 2 heteroatoms. The summed E-state index contributed by atoms with van der Waals surface area (Å²) >= 11 is 0. The molecule has 21 heavy (non-hydrogen) atoms. The SMILES string of the molecule is Cc1ccc(OCc2ccccc2CN)c(C(C)(C)C)c1. The van der Waals surface area contributed by atoms with Gasteiger partial charge in [0, 0.05) is 6.54 Å². The van der Waals surface area contributed by atoms with Crippen LogP contribution in [0.1, 0.15) is 43.0 Å². The molecule has 0 fully saturated rings. The van der Waals surface area contributed by atoms with Gasteiger partial charge in [0.25, 0.3) is 0 Å². The van der Waals surface area contributed by atoms with Crippen molar-refractivity contribution in [2.45, 2.75) is 46.3 Å². The number of hydrogen-bond donors (Lipinski definition) is 1. The number of nitrogens with two attached hydrogens (primary N) is 1. The predicted molar refractivity (Wildman–Crippen MR) is 88.5 cm³/mol. The van der Waals surface area contributed by atoms with E-state index in [0.29, 0.717) is 13.2 Å². The summed E-state index contributed by atoms with van der Waals surface area (Å²) in [5.41, 5.74) is 10.6. The average Bonchev–Trinajstić information content (AvgIpc) is 2.45. The maximum Gasteiger partial charge on any atom is 0.123 e. The van der Waals surface area contributed by atoms with Crippen molar-refractivity contribution in [3.05, 3.63) is 64.7 Å². The second-order valence-electron chi connectivity index (χ2n) is 6.51. The van der Waals surface area contributed by atoms with Crippen LogP contribution in [-0.4, -0.2) is 0 Å². The van der Waals surface area contributed by atoms with E-state index in [9.17, 15) is 0 Å². The van der Waals surface area contributed by atoms with Crippen LogP contribution in [-0.2, 0) is 18.6 Å². The lowest BCUT2D eigenvalue weighted by atomic mass is 9.85. The summed E-state index contributed by atoms with van der Waals surface area (Å²) in [5, 5.41) is 0. The molecule has 0 heterocycles. The van der Waals surface area contributed by atoms with E-state index in [1.165, 1.54) is 11.1 Å². The van der Waals surface area contributed by atoms with Gasteiger partial charge in [-0.2, -0.15) is 0 Å². The molecule has 112 valence electrons. The molecule has 2 aromatic rings. The van der Waals surface area contributed by atoms with Crippen LogP contribution in [0.5, 0.6) is 5.75 Å². The Balaban J connectivity index is 2.24. The van der Waals surface area contributed by atoms with E-state index in [4.69, 9.17) is 10.5 Å². The van der Waals surface area contributed by atoms with E-state index in [0.717, 1.165) is 16.9 Å². The van der Waals surface area contributed by atoms with Gasteiger partial charge in [0.1, 0.15) is 12.4 Å². The second-order valence-corrected chi connectivity index (χ2v) is 6.51. The normalized spacial score (nSPS) is 11.5. The van der Waals surface area contributed by atoms with Crippen molar-refractivity contribution in [3.63, 3.8) is 0 Å². The second kappa shape index (κ2) is 6.31. The Hall–Kier alpha value is -1.80. The highest BCUT2D eigenvalue weighted by Crippen LogP contribution is 2.32. The summed E-state index contributed by atoms with van der Waals surface area (Å²) in [4.78, 5) is 0. The largest absolute Gasteiger partial charge is 0.489 e. The fourth-order valence-electron chi connectivity index (χ4n) is 2.41. The number of hydrogen-bond acceptors (Lipinski definition) is 2. The van der Waals surface area contributed by atoms with Gasteiger partial charge < -0.3 is 10.5 Å². The number of ether oxygens (including phenoxy) is 1. The van der Waals surface area contributed by atoms with Crippen LogP contribution >= 0.6 is 0 Å². The van der Waals surface area contributed by atoms with Gasteiger partial charge in [-0.1, -0.05) is 62.7 Å². The number of aryl methyl sites for hydroxylation is 1. The predicted octanol–water partition coefficient (Wildman–Crippen LogP) is 4.33. The fourth-order valence-corrected chi connectivity index (χ4v) is 2.41. The van der Waals surface area contributed by atoms with Crippen LogP contribution < -0.4 is 10.5 Å². The zero-order valence-electron chi connectivity index (χ0n) is 13.4. The maximum atomic E-state index is 6.09. The van der Waals surface area contributed by atoms with E-state index < -0.39 is 0 Å². The summed E-state index contributed by atoms with van der Waals surface area (Å²) in [6.07, 6.45) is 0. The molecule has 2 N–H and O–H groups in total. The Bertz CT molecular complexity index is 611. The minimum absolute atomic E-state index is 0.0642. The Kier molecular flexibility index (Phi) is 4.69. The summed E-state index contributed by atoms with van der Waals surface area (Å²) in [5.74, 6) is 0.958. The molecule has 0 saturated carbocycles. The van der Waals surface area contributed by atoms with Crippen LogP contribution in [0.3, 0.4) is 0 Å². The van der Waals surface area contributed by atoms with Gasteiger partial charge in [0.15, 0.2) is 0 Å². The molecular formula is C19H25NO. The van der Waals surface area contributed by atoms with Gasteiger partial charge in [-0.15, -0.1) is 0 Å². The third-order valence-corrected chi connectivity index (χ3v) is 3.66. The highest BCUT2D eigenvalue weighted by Gasteiger charge is 2.19. The zero-order chi connectivity index (χ0) is 15.5. The summed E-state index contributed by atoms with van der Waals surface area (Å²) < 4.78 is 6.09. The molecule has 0 aliphatic rings. The molecule has 2 rings (SSSR count). The van der Waals surface area contributed by atoms with Crippen molar-refractivity contribution >= 4 is 0 Å². The molecular weight excluding hydrogens is 258 g/mol. The third kappa shape index (κ3) is 3.85. The average molecular weight is 283 g/mol. The Morgan fingerprint density at radius 1 is 1.00 bits per heavy atom. The lowest BCUT2D eigenvalue weighted by molar-refractivity contribution is 0.296. The molecule has 0 aromatic heterocycles. The minimum Gasteiger partial charge on any atom is -0.489 e. The van der Waals surface area contributed by atoms with E-state index >= 15 is 0 Å². The molecule has 0 spiro atoms. The van der Waals surface area contributed by atoms with Gasteiger partial charge >= 0.3 is 0 Å². The van der Waals surface area contributed by atoms with Crippen LogP contribution in [0.15, 0.2) is 42.5 Å². The lowest BCUT2D eigenvalue weighted by Crippen LogP contribution is -2.14. The lowest BCUT2D eigenvalue weighted by Gasteiger charge is -2.23. The summed E-state index contributed by atoms with van der Waals surface area (Å²) in [6.45, 7) is 9.84. The Morgan fingerprint density at radius 3 is 2.29 bits per heavy atom. The molecule has 0 aliphatic heterocycles. The van der Waals surface area contributed by atoms with Crippen molar-refractivity contribution in [1.29, 1.82) is 0 Å². The summed E-state index contributed by atoms with van der Waals surface area (Å²) in [6, 6.07) is 14.5. The molecule has 2 nitrogen and oxygen atoms in total. The summed E-state index contributed by atoms with van der Waals surface area (Å²) in [7, 11) is 0. The van der Waals surface area contributed by atoms with E-state index in [-0.39, 0.29) is 5.41 Å². The molecule has 0 bridgehead atoms. The van der Waals surface area contributed by atoms with Crippen LogP contribution in [0.25, 0.3) is 0 Å². The molecule has 0 atom stereocenters. The van der Waals surface area contributed by atoms with Gasteiger partial charge in [0.05, 0.1) is 0 Å². The topological polar surface area (TPSA) is 35.2 Å². The minimum atomic E-state index is 0.0642. The molecule has 0 saturated heterocycles. The zero-order valence-corrected chi connectivity index (χ0v) is 13.4. The highest BCUT2D eigenvalue weighted by atomic mass is 16.5. The van der Waals surface area contributed by atoms with Crippen LogP contribution in [0.2, 0.25) is 0 Å². The molecule has 0 aliphatic carbocycles. The van der Waals surface area contributed by atoms with Gasteiger partial charge in [0.2, 0.25) is 0 Å². The van der Waals surface area contributed by atoms with Crippen molar-refractivity contribution in [3.8, 4) is 5.75 Å². The molecule has 2 aromatic carbocycles. The van der Waals surface area contributed by atoms with Crippen LogP contribution in [0, 0.1) is 6.92 Å². The number of rotatable bonds is 4. The van der Waals surface area contributed by atoms with Crippen molar-refractivity contribution in [1.82, 2.24) is 0 Å². The number of benzene rings is 2. The van der Waals surface area contributed by atoms with E-state index in [1.54, 1.807) is 0 Å². The van der Waals surface area contributed by atoms with E-state index in [1.807, 2.05) is 12.1 Å². The molecule has 0 radical (unpaired) electrons.